The maximum atomic E-state index is 6.25. The summed E-state index contributed by atoms with van der Waals surface area (Å²) in [6.07, 6.45) is 8.90. The zero-order valence-electron chi connectivity index (χ0n) is 15.2. The van der Waals surface area contributed by atoms with Crippen LogP contribution >= 0.6 is 0 Å². The quantitative estimate of drug-likeness (QED) is 0.780. The minimum absolute atomic E-state index is 0.187. The molecule has 0 saturated heterocycles. The van der Waals surface area contributed by atoms with E-state index in [2.05, 4.69) is 35.6 Å². The van der Waals surface area contributed by atoms with Gasteiger partial charge in [0.25, 0.3) is 0 Å². The van der Waals surface area contributed by atoms with E-state index in [0.717, 1.165) is 23.6 Å². The van der Waals surface area contributed by atoms with E-state index in [0.29, 0.717) is 12.6 Å². The Labute approximate surface area is 150 Å². The van der Waals surface area contributed by atoms with Crippen molar-refractivity contribution in [2.24, 2.45) is 17.8 Å². The molecule has 5 fully saturated rings. The first-order valence-electron chi connectivity index (χ1n) is 9.95. The summed E-state index contributed by atoms with van der Waals surface area (Å²) in [5.74, 6) is 3.48. The van der Waals surface area contributed by atoms with E-state index < -0.39 is 0 Å². The molecule has 0 spiro atoms. The maximum absolute atomic E-state index is 6.25. The lowest BCUT2D eigenvalue weighted by Crippen LogP contribution is -2.61. The summed E-state index contributed by atoms with van der Waals surface area (Å²) in [5.41, 5.74) is 2.91. The van der Waals surface area contributed by atoms with Gasteiger partial charge < -0.3 is 14.8 Å². The van der Waals surface area contributed by atoms with Crippen LogP contribution in [0.15, 0.2) is 41.8 Å². The Balaban J connectivity index is 1.29. The predicted molar refractivity (Wildman–Crippen MR) is 97.7 cm³/mol. The van der Waals surface area contributed by atoms with Crippen molar-refractivity contribution in [3.8, 4) is 0 Å². The minimum Gasteiger partial charge on any atom is -0.474 e. The summed E-state index contributed by atoms with van der Waals surface area (Å²) in [4.78, 5) is 0. The van der Waals surface area contributed by atoms with Crippen molar-refractivity contribution in [2.75, 3.05) is 7.11 Å². The van der Waals surface area contributed by atoms with Crippen molar-refractivity contribution in [2.45, 2.75) is 63.2 Å². The minimum atomic E-state index is 0.187. The topological polar surface area (TPSA) is 30.5 Å². The average molecular weight is 339 g/mol. The lowest BCUT2D eigenvalue weighted by molar-refractivity contribution is -0.157. The molecule has 1 unspecified atom stereocenters. The lowest BCUT2D eigenvalue weighted by Gasteiger charge is -2.59. The van der Waals surface area contributed by atoms with Crippen LogP contribution in [0.4, 0.5) is 0 Å². The van der Waals surface area contributed by atoms with E-state index in [4.69, 9.17) is 9.47 Å². The van der Waals surface area contributed by atoms with Crippen LogP contribution in [0.2, 0.25) is 0 Å². The molecular formula is C22H29NO2. The summed E-state index contributed by atoms with van der Waals surface area (Å²) in [7, 11) is 1.93. The van der Waals surface area contributed by atoms with Gasteiger partial charge in [-0.25, -0.2) is 0 Å². The number of hydrogen-bond acceptors (Lipinski definition) is 3. The molecule has 134 valence electrons. The number of allylic oxidation sites excluding steroid dienone is 1. The molecule has 5 saturated carbocycles. The molecule has 5 aliphatic rings. The predicted octanol–water partition coefficient (Wildman–Crippen LogP) is 4.39. The fourth-order valence-electron chi connectivity index (χ4n) is 5.85. The Morgan fingerprint density at radius 3 is 2.44 bits per heavy atom. The normalized spacial score (nSPS) is 37.9. The summed E-state index contributed by atoms with van der Waals surface area (Å²) in [6, 6.07) is 11.1. The molecule has 0 heterocycles. The molecule has 0 aromatic heterocycles. The van der Waals surface area contributed by atoms with Gasteiger partial charge in [0.1, 0.15) is 6.61 Å². The summed E-state index contributed by atoms with van der Waals surface area (Å²) in [5, 5.41) is 3.87. The maximum Gasteiger partial charge on any atom is 0.186 e. The van der Waals surface area contributed by atoms with Crippen molar-refractivity contribution < 1.29 is 9.47 Å². The molecule has 6 rings (SSSR count). The number of hydrogen-bond donors (Lipinski definition) is 1. The second kappa shape index (κ2) is 6.05. The zero-order valence-corrected chi connectivity index (χ0v) is 15.2. The van der Waals surface area contributed by atoms with Gasteiger partial charge in [-0.05, 0) is 73.8 Å². The molecule has 3 nitrogen and oxygen atoms in total. The van der Waals surface area contributed by atoms with Crippen molar-refractivity contribution in [3.05, 3.63) is 47.4 Å². The molecule has 1 aromatic carbocycles. The SMILES string of the molecule is CO[C@]12CC3C[C@H](C1)[C@H](NC(OCc1ccccc1)=C1CC1)[C@@H](C3)C2. The molecule has 3 heteroatoms. The van der Waals surface area contributed by atoms with E-state index in [1.54, 1.807) is 0 Å². The number of benzene rings is 1. The fourth-order valence-corrected chi connectivity index (χ4v) is 5.85. The highest BCUT2D eigenvalue weighted by Gasteiger charge is 2.56. The Hall–Kier alpha value is -1.48. The van der Waals surface area contributed by atoms with Crippen LogP contribution in [0.1, 0.15) is 50.5 Å². The van der Waals surface area contributed by atoms with Crippen LogP contribution in [0, 0.1) is 17.8 Å². The van der Waals surface area contributed by atoms with E-state index in [-0.39, 0.29) is 5.60 Å². The van der Waals surface area contributed by atoms with Crippen molar-refractivity contribution in [3.63, 3.8) is 0 Å². The van der Waals surface area contributed by atoms with Gasteiger partial charge in [-0.15, -0.1) is 0 Å². The first-order valence-corrected chi connectivity index (χ1v) is 9.95. The van der Waals surface area contributed by atoms with Crippen LogP contribution in [-0.2, 0) is 16.1 Å². The Morgan fingerprint density at radius 2 is 1.80 bits per heavy atom. The Morgan fingerprint density at radius 1 is 1.08 bits per heavy atom. The van der Waals surface area contributed by atoms with Crippen molar-refractivity contribution in [1.29, 1.82) is 0 Å². The molecule has 0 amide bonds. The Kier molecular flexibility index (Phi) is 3.81. The lowest BCUT2D eigenvalue weighted by atomic mass is 9.52. The van der Waals surface area contributed by atoms with Crippen LogP contribution in [0.5, 0.6) is 0 Å². The largest absolute Gasteiger partial charge is 0.474 e. The van der Waals surface area contributed by atoms with Gasteiger partial charge in [-0.3, -0.25) is 0 Å². The number of nitrogens with one attached hydrogen (secondary N) is 1. The molecule has 5 atom stereocenters. The third-order valence-electron chi connectivity index (χ3n) is 6.99. The van der Waals surface area contributed by atoms with E-state index in [1.165, 1.54) is 56.1 Å². The molecule has 0 aliphatic heterocycles. The number of rotatable bonds is 6. The van der Waals surface area contributed by atoms with Crippen LogP contribution in [0.25, 0.3) is 0 Å². The number of methoxy groups -OCH3 is 1. The van der Waals surface area contributed by atoms with Crippen LogP contribution in [0.3, 0.4) is 0 Å². The average Bonchev–Trinajstić information content (AvgIpc) is 3.46. The molecule has 0 radical (unpaired) electrons. The second-order valence-corrected chi connectivity index (χ2v) is 8.73. The third-order valence-corrected chi connectivity index (χ3v) is 6.99. The van der Waals surface area contributed by atoms with Gasteiger partial charge in [0.2, 0.25) is 0 Å². The monoisotopic (exact) mass is 339 g/mol. The highest BCUT2D eigenvalue weighted by atomic mass is 16.5. The summed E-state index contributed by atoms with van der Waals surface area (Å²) < 4.78 is 12.2. The summed E-state index contributed by atoms with van der Waals surface area (Å²) in [6.45, 7) is 0.666. The zero-order chi connectivity index (χ0) is 16.9. The molecule has 1 N–H and O–H groups in total. The van der Waals surface area contributed by atoms with Crippen LogP contribution in [-0.4, -0.2) is 18.8 Å². The van der Waals surface area contributed by atoms with Gasteiger partial charge >= 0.3 is 0 Å². The standard InChI is InChI=1S/C22H29NO2/c1-24-22-11-16-9-18(12-22)20(19(10-16)13-22)23-21(17-7-8-17)25-14-15-5-3-2-4-6-15/h2-6,16,18-20,23H,7-14H2,1H3/t16?,18-,19+,20+,22-. The first kappa shape index (κ1) is 15.7. The number of ether oxygens (including phenoxy) is 2. The van der Waals surface area contributed by atoms with Gasteiger partial charge in [0.05, 0.1) is 5.60 Å². The van der Waals surface area contributed by atoms with Crippen molar-refractivity contribution in [1.82, 2.24) is 5.32 Å². The third kappa shape index (κ3) is 2.97. The highest BCUT2D eigenvalue weighted by molar-refractivity contribution is 5.23. The highest BCUT2D eigenvalue weighted by Crippen LogP contribution is 2.57. The van der Waals surface area contributed by atoms with Crippen molar-refractivity contribution >= 4 is 0 Å². The van der Waals surface area contributed by atoms with Gasteiger partial charge in [-0.2, -0.15) is 0 Å². The Bertz CT molecular complexity index is 646. The summed E-state index contributed by atoms with van der Waals surface area (Å²) >= 11 is 0. The smallest absolute Gasteiger partial charge is 0.186 e. The van der Waals surface area contributed by atoms with Gasteiger partial charge in [-0.1, -0.05) is 30.3 Å². The van der Waals surface area contributed by atoms with E-state index in [1.807, 2.05) is 7.11 Å². The molecule has 25 heavy (non-hydrogen) atoms. The second-order valence-electron chi connectivity index (χ2n) is 8.73. The van der Waals surface area contributed by atoms with E-state index >= 15 is 0 Å². The molecule has 5 aliphatic carbocycles. The molecule has 1 aromatic rings. The van der Waals surface area contributed by atoms with Gasteiger partial charge in [0.15, 0.2) is 5.88 Å². The van der Waals surface area contributed by atoms with E-state index in [9.17, 15) is 0 Å². The molecular weight excluding hydrogens is 310 g/mol. The van der Waals surface area contributed by atoms with Crippen LogP contribution < -0.4 is 5.32 Å². The van der Waals surface area contributed by atoms with Gasteiger partial charge in [0, 0.05) is 13.2 Å². The first-order chi connectivity index (χ1) is 12.2. The fraction of sp³-hybridized carbons (Fsp3) is 0.636. The molecule has 4 bridgehead atoms.